The van der Waals surface area contributed by atoms with E-state index in [2.05, 4.69) is 17.4 Å². The number of carbonyl (C=O) groups is 1. The molecule has 2 unspecified atom stereocenters. The molecule has 1 aliphatic carbocycles. The Morgan fingerprint density at radius 3 is 2.54 bits per heavy atom. The first kappa shape index (κ1) is 18.8. The maximum absolute atomic E-state index is 12.7. The van der Waals surface area contributed by atoms with Crippen molar-refractivity contribution in [2.75, 3.05) is 6.54 Å². The summed E-state index contributed by atoms with van der Waals surface area (Å²) in [6.07, 6.45) is 3.29. The Labute approximate surface area is 153 Å². The molecule has 5 heteroatoms. The third-order valence-electron chi connectivity index (χ3n) is 4.38. The molecule has 2 atom stereocenters. The van der Waals surface area contributed by atoms with E-state index in [0.717, 1.165) is 34.6 Å². The largest absolute Gasteiger partial charge is 0.349 e. The van der Waals surface area contributed by atoms with E-state index >= 15 is 0 Å². The van der Waals surface area contributed by atoms with Crippen molar-refractivity contribution < 1.29 is 4.79 Å². The van der Waals surface area contributed by atoms with E-state index in [-0.39, 0.29) is 24.4 Å². The fourth-order valence-corrected chi connectivity index (χ4v) is 4.08. The number of nitrogens with one attached hydrogen (secondary N) is 1. The quantitative estimate of drug-likeness (QED) is 0.841. The Morgan fingerprint density at radius 2 is 1.79 bits per heavy atom. The van der Waals surface area contributed by atoms with Crippen LogP contribution < -0.4 is 11.1 Å². The first-order valence-corrected chi connectivity index (χ1v) is 8.92. The van der Waals surface area contributed by atoms with Crippen LogP contribution in [-0.2, 0) is 0 Å². The molecule has 1 aliphatic rings. The van der Waals surface area contributed by atoms with Gasteiger partial charge in [-0.15, -0.1) is 12.4 Å². The van der Waals surface area contributed by atoms with Gasteiger partial charge in [0.1, 0.15) is 0 Å². The molecule has 3 rings (SSSR count). The van der Waals surface area contributed by atoms with E-state index in [4.69, 9.17) is 5.73 Å². The Hall–Kier alpha value is -1.49. The van der Waals surface area contributed by atoms with Crippen molar-refractivity contribution in [1.29, 1.82) is 0 Å². The molecule has 0 aliphatic heterocycles. The van der Waals surface area contributed by atoms with Gasteiger partial charge >= 0.3 is 0 Å². The third kappa shape index (κ3) is 4.53. The minimum Gasteiger partial charge on any atom is -0.349 e. The van der Waals surface area contributed by atoms with Crippen LogP contribution in [0, 0.1) is 5.92 Å². The molecule has 0 bridgehead atoms. The second kappa shape index (κ2) is 9.11. The molecule has 0 saturated heterocycles. The summed E-state index contributed by atoms with van der Waals surface area (Å²) >= 11 is 1.62. The highest BCUT2D eigenvalue weighted by atomic mass is 35.5. The minimum absolute atomic E-state index is 0. The number of carbonyl (C=O) groups excluding carboxylic acids is 1. The molecule has 24 heavy (non-hydrogen) atoms. The molecule has 1 fully saturated rings. The summed E-state index contributed by atoms with van der Waals surface area (Å²) in [5.74, 6) is 0.419. The first-order valence-electron chi connectivity index (χ1n) is 8.11. The standard InChI is InChI=1S/C19H22N2OS.ClH/c20-13-14-7-6-11-17(14)21-19(22)16-10-4-5-12-18(16)23-15-8-2-1-3-9-15;/h1-5,8-10,12,14,17H,6-7,11,13,20H2,(H,21,22);1H. The normalized spacial score (nSPS) is 19.5. The molecule has 3 N–H and O–H groups in total. The topological polar surface area (TPSA) is 55.1 Å². The average Bonchev–Trinajstić information content (AvgIpc) is 3.03. The van der Waals surface area contributed by atoms with Crippen molar-refractivity contribution in [1.82, 2.24) is 5.32 Å². The lowest BCUT2D eigenvalue weighted by Gasteiger charge is -2.20. The molecule has 0 aromatic heterocycles. The molecule has 0 heterocycles. The van der Waals surface area contributed by atoms with Crippen molar-refractivity contribution in [2.45, 2.75) is 35.1 Å². The Balaban J connectivity index is 0.00000208. The van der Waals surface area contributed by atoms with Gasteiger partial charge in [0.05, 0.1) is 5.56 Å². The summed E-state index contributed by atoms with van der Waals surface area (Å²) in [5.41, 5.74) is 6.56. The second-order valence-corrected chi connectivity index (χ2v) is 7.03. The van der Waals surface area contributed by atoms with Crippen molar-refractivity contribution >= 4 is 30.1 Å². The van der Waals surface area contributed by atoms with Crippen LogP contribution in [0.2, 0.25) is 0 Å². The van der Waals surface area contributed by atoms with Gasteiger partial charge in [-0.05, 0) is 49.6 Å². The van der Waals surface area contributed by atoms with Gasteiger partial charge in [0.15, 0.2) is 0 Å². The number of benzene rings is 2. The minimum atomic E-state index is 0. The molecular formula is C19H23ClN2OS. The van der Waals surface area contributed by atoms with Crippen LogP contribution in [0.25, 0.3) is 0 Å². The molecule has 1 amide bonds. The smallest absolute Gasteiger partial charge is 0.252 e. The SMILES string of the molecule is Cl.NCC1CCCC1NC(=O)c1ccccc1Sc1ccccc1. The van der Waals surface area contributed by atoms with Crippen molar-refractivity contribution in [3.05, 3.63) is 60.2 Å². The summed E-state index contributed by atoms with van der Waals surface area (Å²) in [6.45, 7) is 0.644. The highest BCUT2D eigenvalue weighted by Gasteiger charge is 2.28. The van der Waals surface area contributed by atoms with Crippen LogP contribution in [0.3, 0.4) is 0 Å². The maximum atomic E-state index is 12.7. The maximum Gasteiger partial charge on any atom is 0.252 e. The number of halogens is 1. The van der Waals surface area contributed by atoms with E-state index in [1.54, 1.807) is 11.8 Å². The Morgan fingerprint density at radius 1 is 1.08 bits per heavy atom. The molecule has 0 spiro atoms. The Bertz CT molecular complexity index is 665. The fourth-order valence-electron chi connectivity index (χ4n) is 3.11. The molecular weight excluding hydrogens is 340 g/mol. The van der Waals surface area contributed by atoms with Gasteiger partial charge in [-0.2, -0.15) is 0 Å². The van der Waals surface area contributed by atoms with E-state index in [9.17, 15) is 4.79 Å². The number of amides is 1. The lowest BCUT2D eigenvalue weighted by Crippen LogP contribution is -2.40. The number of rotatable bonds is 5. The zero-order chi connectivity index (χ0) is 16.1. The number of hydrogen-bond donors (Lipinski definition) is 2. The highest BCUT2D eigenvalue weighted by molar-refractivity contribution is 7.99. The van der Waals surface area contributed by atoms with Gasteiger partial charge < -0.3 is 11.1 Å². The first-order chi connectivity index (χ1) is 11.3. The van der Waals surface area contributed by atoms with Crippen LogP contribution in [0.15, 0.2) is 64.4 Å². The molecule has 2 aromatic carbocycles. The number of hydrogen-bond acceptors (Lipinski definition) is 3. The van der Waals surface area contributed by atoms with Gasteiger partial charge in [0, 0.05) is 15.8 Å². The van der Waals surface area contributed by atoms with Crippen LogP contribution in [-0.4, -0.2) is 18.5 Å². The molecule has 2 aromatic rings. The van der Waals surface area contributed by atoms with E-state index in [1.807, 2.05) is 42.5 Å². The molecule has 0 radical (unpaired) electrons. The van der Waals surface area contributed by atoms with Gasteiger partial charge in [0.25, 0.3) is 5.91 Å². The summed E-state index contributed by atoms with van der Waals surface area (Å²) in [5, 5.41) is 3.19. The predicted octanol–water partition coefficient (Wildman–Crippen LogP) is 4.12. The van der Waals surface area contributed by atoms with Gasteiger partial charge in [0.2, 0.25) is 0 Å². The van der Waals surface area contributed by atoms with Crippen LogP contribution in [0.4, 0.5) is 0 Å². The van der Waals surface area contributed by atoms with E-state index < -0.39 is 0 Å². The zero-order valence-corrected chi connectivity index (χ0v) is 15.1. The van der Waals surface area contributed by atoms with Crippen molar-refractivity contribution in [3.8, 4) is 0 Å². The molecule has 1 saturated carbocycles. The van der Waals surface area contributed by atoms with Gasteiger partial charge in [-0.25, -0.2) is 0 Å². The fraction of sp³-hybridized carbons (Fsp3) is 0.316. The summed E-state index contributed by atoms with van der Waals surface area (Å²) in [7, 11) is 0. The zero-order valence-electron chi connectivity index (χ0n) is 13.5. The third-order valence-corrected chi connectivity index (χ3v) is 5.46. The van der Waals surface area contributed by atoms with Gasteiger partial charge in [-0.3, -0.25) is 4.79 Å². The second-order valence-electron chi connectivity index (χ2n) is 5.92. The van der Waals surface area contributed by atoms with Gasteiger partial charge in [-0.1, -0.05) is 48.5 Å². The molecule has 3 nitrogen and oxygen atoms in total. The van der Waals surface area contributed by atoms with Crippen LogP contribution in [0.5, 0.6) is 0 Å². The summed E-state index contributed by atoms with van der Waals surface area (Å²) in [6, 6.07) is 18.1. The Kier molecular flexibility index (Phi) is 7.16. The van der Waals surface area contributed by atoms with Crippen molar-refractivity contribution in [2.24, 2.45) is 11.7 Å². The lowest BCUT2D eigenvalue weighted by molar-refractivity contribution is 0.0926. The van der Waals surface area contributed by atoms with Crippen LogP contribution >= 0.6 is 24.2 Å². The van der Waals surface area contributed by atoms with Crippen LogP contribution in [0.1, 0.15) is 29.6 Å². The monoisotopic (exact) mass is 362 g/mol. The molecule has 128 valence electrons. The average molecular weight is 363 g/mol. The van der Waals surface area contributed by atoms with Crippen molar-refractivity contribution in [3.63, 3.8) is 0 Å². The predicted molar refractivity (Wildman–Crippen MR) is 102 cm³/mol. The van der Waals surface area contributed by atoms with E-state index in [1.165, 1.54) is 0 Å². The summed E-state index contributed by atoms with van der Waals surface area (Å²) in [4.78, 5) is 14.8. The lowest BCUT2D eigenvalue weighted by atomic mass is 10.0. The van der Waals surface area contributed by atoms with E-state index in [0.29, 0.717) is 12.5 Å². The summed E-state index contributed by atoms with van der Waals surface area (Å²) < 4.78 is 0. The highest BCUT2D eigenvalue weighted by Crippen LogP contribution is 2.31. The number of nitrogens with two attached hydrogens (primary N) is 1.